The molecule has 0 heterocycles. The smallest absolute Gasteiger partial charge is 0.237 e. The summed E-state index contributed by atoms with van der Waals surface area (Å²) in [5.74, 6) is -2.18. The van der Waals surface area contributed by atoms with Gasteiger partial charge in [-0.25, -0.2) is 4.39 Å². The van der Waals surface area contributed by atoms with Crippen LogP contribution in [-0.4, -0.2) is 44.3 Å². The predicted octanol–water partition coefficient (Wildman–Crippen LogP) is 3.60. The van der Waals surface area contributed by atoms with Crippen molar-refractivity contribution < 1.29 is 23.8 Å². The van der Waals surface area contributed by atoms with E-state index in [1.807, 2.05) is 31.8 Å². The van der Waals surface area contributed by atoms with E-state index in [0.29, 0.717) is 23.0 Å². The average molecular weight is 459 g/mol. The van der Waals surface area contributed by atoms with Gasteiger partial charge in [0, 0.05) is 24.9 Å². The van der Waals surface area contributed by atoms with Crippen molar-refractivity contribution >= 4 is 36.4 Å². The van der Waals surface area contributed by atoms with Crippen LogP contribution in [-0.2, 0) is 20.9 Å². The maximum atomic E-state index is 14.6. The molecule has 172 valence electrons. The van der Waals surface area contributed by atoms with Crippen molar-refractivity contribution in [1.29, 1.82) is 5.41 Å². The lowest BCUT2D eigenvalue weighted by atomic mass is 9.89. The van der Waals surface area contributed by atoms with Gasteiger partial charge in [0.05, 0.1) is 14.7 Å². The maximum Gasteiger partial charge on any atom is 0.237 e. The van der Waals surface area contributed by atoms with Crippen molar-refractivity contribution in [3.05, 3.63) is 59.4 Å². The minimum atomic E-state index is -1.86. The second kappa shape index (κ2) is 11.3. The monoisotopic (exact) mass is 458 g/mol. The molecule has 0 aliphatic heterocycles. The Hall–Kier alpha value is -2.68. The van der Waals surface area contributed by atoms with Crippen LogP contribution in [0.1, 0.15) is 29.9 Å². The van der Waals surface area contributed by atoms with Crippen molar-refractivity contribution in [2.45, 2.75) is 45.0 Å². The number of aliphatic hydroxyl groups excluding tert-OH is 1. The van der Waals surface area contributed by atoms with Crippen molar-refractivity contribution in [3.8, 4) is 0 Å². The third-order valence-electron chi connectivity index (χ3n) is 5.13. The lowest BCUT2D eigenvalue weighted by Crippen LogP contribution is -2.40. The van der Waals surface area contributed by atoms with E-state index in [1.54, 1.807) is 31.4 Å². The summed E-state index contributed by atoms with van der Waals surface area (Å²) >= 11 is 0. The summed E-state index contributed by atoms with van der Waals surface area (Å²) in [5, 5.41) is 20.8. The number of aliphatic hydroxyl groups is 1. The minimum Gasteiger partial charge on any atom is -0.389 e. The fourth-order valence-corrected chi connectivity index (χ4v) is 4.77. The molecule has 1 atom stereocenters. The van der Waals surface area contributed by atoms with Gasteiger partial charge < -0.3 is 20.6 Å². The summed E-state index contributed by atoms with van der Waals surface area (Å²) in [6.45, 7) is 5.95. The second-order valence-corrected chi connectivity index (χ2v) is 13.8. The molecule has 0 fully saturated rings. The molecule has 0 aliphatic carbocycles. The Kier molecular flexibility index (Phi) is 9.00. The van der Waals surface area contributed by atoms with Gasteiger partial charge in [-0.1, -0.05) is 50.0 Å². The summed E-state index contributed by atoms with van der Waals surface area (Å²) in [6, 6.07) is 11.8. The molecule has 0 aromatic heterocycles. The highest BCUT2D eigenvalue weighted by atomic mass is 28.3. The molecule has 0 aliphatic rings. The zero-order valence-corrected chi connectivity index (χ0v) is 20.0. The number of hydrogen-bond acceptors (Lipinski definition) is 5. The third kappa shape index (κ3) is 6.91. The Labute approximate surface area is 189 Å². The van der Waals surface area contributed by atoms with Crippen LogP contribution in [0.25, 0.3) is 0 Å². The maximum absolute atomic E-state index is 14.6. The predicted molar refractivity (Wildman–Crippen MR) is 127 cm³/mol. The summed E-state index contributed by atoms with van der Waals surface area (Å²) in [7, 11) is -0.267. The molecule has 8 heteroatoms. The normalized spacial score (nSPS) is 12.3. The number of carbonyl (C=O) groups is 2. The molecule has 2 rings (SSSR count). The summed E-state index contributed by atoms with van der Waals surface area (Å²) < 4.78 is 19.7. The molecule has 0 saturated heterocycles. The van der Waals surface area contributed by atoms with Crippen molar-refractivity contribution in [2.75, 3.05) is 19.0 Å². The number of hydrogen-bond donors (Lipinski definition) is 3. The number of nitrogens with one attached hydrogen (secondary N) is 2. The molecule has 3 N–H and O–H groups in total. The van der Waals surface area contributed by atoms with Crippen molar-refractivity contribution in [2.24, 2.45) is 0 Å². The van der Waals surface area contributed by atoms with E-state index >= 15 is 0 Å². The number of amides is 1. The average Bonchev–Trinajstić information content (AvgIpc) is 2.72. The van der Waals surface area contributed by atoms with Gasteiger partial charge in [0.2, 0.25) is 5.91 Å². The minimum absolute atomic E-state index is 0.0274. The van der Waals surface area contributed by atoms with E-state index < -0.39 is 32.3 Å². The number of anilines is 1. The SMILES string of the molecule is COCc1ccc(C(C(=N)CCC(=O)CO)C(=O)Nc2ccc([Si](C)(C)C)c(F)c2)cc1. The van der Waals surface area contributed by atoms with E-state index in [4.69, 9.17) is 15.3 Å². The molecule has 2 aromatic carbocycles. The van der Waals surface area contributed by atoms with E-state index in [0.717, 1.165) is 5.56 Å². The molecule has 1 amide bonds. The first kappa shape index (κ1) is 25.6. The fourth-order valence-electron chi connectivity index (χ4n) is 3.40. The van der Waals surface area contributed by atoms with Gasteiger partial charge in [-0.2, -0.15) is 0 Å². The van der Waals surface area contributed by atoms with Gasteiger partial charge in [0.1, 0.15) is 18.3 Å². The van der Waals surface area contributed by atoms with E-state index in [9.17, 15) is 14.0 Å². The zero-order valence-electron chi connectivity index (χ0n) is 19.0. The molecule has 2 aromatic rings. The van der Waals surface area contributed by atoms with E-state index in [1.165, 1.54) is 6.07 Å². The van der Waals surface area contributed by atoms with Crippen LogP contribution in [0.15, 0.2) is 42.5 Å². The number of benzene rings is 2. The summed E-state index contributed by atoms with van der Waals surface area (Å²) in [4.78, 5) is 24.7. The van der Waals surface area contributed by atoms with Gasteiger partial charge >= 0.3 is 0 Å². The van der Waals surface area contributed by atoms with E-state index in [2.05, 4.69) is 5.32 Å². The number of rotatable bonds is 11. The highest BCUT2D eigenvalue weighted by molar-refractivity contribution is 6.88. The zero-order chi connectivity index (χ0) is 23.9. The second-order valence-electron chi connectivity index (χ2n) is 8.76. The van der Waals surface area contributed by atoms with Gasteiger partial charge in [-0.05, 0) is 34.9 Å². The largest absolute Gasteiger partial charge is 0.389 e. The summed E-state index contributed by atoms with van der Waals surface area (Å²) in [6.07, 6.45) is 0.0145. The van der Waals surface area contributed by atoms with Crippen LogP contribution in [0.4, 0.5) is 10.1 Å². The van der Waals surface area contributed by atoms with Crippen LogP contribution in [0.5, 0.6) is 0 Å². The molecule has 0 spiro atoms. The molecule has 6 nitrogen and oxygen atoms in total. The Morgan fingerprint density at radius 1 is 1.12 bits per heavy atom. The number of ether oxygens (including phenoxy) is 1. The molecular formula is C24H31FN2O4Si. The van der Waals surface area contributed by atoms with Gasteiger partial charge in [-0.15, -0.1) is 0 Å². The Morgan fingerprint density at radius 2 is 1.78 bits per heavy atom. The fraction of sp³-hybridized carbons (Fsp3) is 0.375. The van der Waals surface area contributed by atoms with Crippen LogP contribution in [0.3, 0.4) is 0 Å². The van der Waals surface area contributed by atoms with E-state index in [-0.39, 0.29) is 24.4 Å². The number of ketones is 1. The standard InChI is InChI=1S/C24H31FN2O4Si/c1-31-15-16-5-7-17(8-6-16)23(21(26)11-10-19(29)14-28)24(30)27-18-9-12-22(20(25)13-18)32(2,3)4/h5-9,12-13,23,26,28H,10-11,14-15H2,1-4H3,(H,27,30). The van der Waals surface area contributed by atoms with Crippen molar-refractivity contribution in [3.63, 3.8) is 0 Å². The number of carbonyl (C=O) groups excluding carboxylic acids is 2. The molecule has 32 heavy (non-hydrogen) atoms. The first-order chi connectivity index (χ1) is 15.1. The van der Waals surface area contributed by atoms with Gasteiger partial charge in [0.15, 0.2) is 5.78 Å². The topological polar surface area (TPSA) is 99.5 Å². The Morgan fingerprint density at radius 3 is 2.31 bits per heavy atom. The molecule has 0 saturated carbocycles. The van der Waals surface area contributed by atoms with Crippen LogP contribution in [0.2, 0.25) is 19.6 Å². The lowest BCUT2D eigenvalue weighted by molar-refractivity contribution is -0.121. The highest BCUT2D eigenvalue weighted by Gasteiger charge is 2.27. The first-order valence-corrected chi connectivity index (χ1v) is 14.0. The Balaban J connectivity index is 2.29. The van der Waals surface area contributed by atoms with Gasteiger partial charge in [-0.3, -0.25) is 9.59 Å². The molecule has 1 unspecified atom stereocenters. The first-order valence-electron chi connectivity index (χ1n) is 10.5. The quantitative estimate of drug-likeness (QED) is 0.354. The van der Waals surface area contributed by atoms with Crippen LogP contribution < -0.4 is 10.5 Å². The molecule has 0 bridgehead atoms. The number of Topliss-reactive ketones (excluding diaryl/α,β-unsaturated/α-hetero) is 1. The highest BCUT2D eigenvalue weighted by Crippen LogP contribution is 2.23. The third-order valence-corrected chi connectivity index (χ3v) is 7.15. The lowest BCUT2D eigenvalue weighted by Gasteiger charge is -2.21. The molecule has 0 radical (unpaired) electrons. The number of halogens is 1. The Bertz CT molecular complexity index is 971. The van der Waals surface area contributed by atoms with Crippen LogP contribution >= 0.6 is 0 Å². The summed E-state index contributed by atoms with van der Waals surface area (Å²) in [5.41, 5.74) is 1.86. The van der Waals surface area contributed by atoms with Gasteiger partial charge in [0.25, 0.3) is 0 Å². The van der Waals surface area contributed by atoms with Crippen LogP contribution in [0, 0.1) is 11.2 Å². The number of methoxy groups -OCH3 is 1. The van der Waals surface area contributed by atoms with Crippen molar-refractivity contribution in [1.82, 2.24) is 0 Å². The molecular weight excluding hydrogens is 427 g/mol.